The van der Waals surface area contributed by atoms with Crippen LogP contribution in [-0.2, 0) is 9.59 Å². The molecule has 0 heterocycles. The van der Waals surface area contributed by atoms with Gasteiger partial charge in [-0.15, -0.1) is 0 Å². The third-order valence-corrected chi connectivity index (χ3v) is 2.56. The largest absolute Gasteiger partial charge is 0.346 e. The third kappa shape index (κ3) is 6.94. The molecule has 15 heavy (non-hydrogen) atoms. The number of nitrogens with zero attached hydrogens (tertiary/aromatic N) is 2. The van der Waals surface area contributed by atoms with Crippen molar-refractivity contribution >= 4 is 11.8 Å². The van der Waals surface area contributed by atoms with Gasteiger partial charge in [-0.2, -0.15) is 0 Å². The summed E-state index contributed by atoms with van der Waals surface area (Å²) in [7, 11) is 3.62. The second-order valence-electron chi connectivity index (χ2n) is 3.94. The second kappa shape index (κ2) is 7.26. The number of hydrogen-bond donors (Lipinski definition) is 0. The summed E-state index contributed by atoms with van der Waals surface area (Å²) in [6.45, 7) is 4.76. The van der Waals surface area contributed by atoms with Crippen molar-refractivity contribution in [2.75, 3.05) is 27.2 Å². The Hall–Kier alpha value is -1.06. The maximum absolute atomic E-state index is 10.9. The number of carbonyl (C=O) groups excluding carboxylic acids is 2. The quantitative estimate of drug-likeness (QED) is 0.621. The zero-order chi connectivity index (χ0) is 11.8. The average Bonchev–Trinajstić information content (AvgIpc) is 2.16. The first-order valence-electron chi connectivity index (χ1n) is 5.38. The number of hydrogen-bond acceptors (Lipinski definition) is 2. The Labute approximate surface area is 92.2 Å². The van der Waals surface area contributed by atoms with Crippen LogP contribution in [0.1, 0.15) is 33.1 Å². The van der Waals surface area contributed by atoms with E-state index in [9.17, 15) is 9.59 Å². The predicted molar refractivity (Wildman–Crippen MR) is 60.5 cm³/mol. The monoisotopic (exact) mass is 214 g/mol. The Morgan fingerprint density at radius 2 is 1.13 bits per heavy atom. The molecule has 0 saturated heterocycles. The van der Waals surface area contributed by atoms with Crippen LogP contribution in [0, 0.1) is 0 Å². The third-order valence-electron chi connectivity index (χ3n) is 2.56. The number of unbranched alkanes of at least 4 members (excludes halogenated alkanes) is 2. The lowest BCUT2D eigenvalue weighted by molar-refractivity contribution is -0.128. The smallest absolute Gasteiger partial charge is 0.219 e. The molecule has 0 bridgehead atoms. The molecule has 0 spiro atoms. The Morgan fingerprint density at radius 1 is 0.800 bits per heavy atom. The summed E-state index contributed by atoms with van der Waals surface area (Å²) in [5, 5.41) is 0. The molecule has 2 amide bonds. The Morgan fingerprint density at radius 3 is 1.40 bits per heavy atom. The first kappa shape index (κ1) is 13.9. The number of amides is 2. The van der Waals surface area contributed by atoms with Gasteiger partial charge in [-0.1, -0.05) is 0 Å². The van der Waals surface area contributed by atoms with Gasteiger partial charge in [-0.3, -0.25) is 9.59 Å². The van der Waals surface area contributed by atoms with Crippen LogP contribution in [0.15, 0.2) is 0 Å². The molecule has 0 rings (SSSR count). The minimum Gasteiger partial charge on any atom is -0.346 e. The highest BCUT2D eigenvalue weighted by Crippen LogP contribution is 1.99. The van der Waals surface area contributed by atoms with Gasteiger partial charge in [0.2, 0.25) is 11.8 Å². The molecule has 0 aromatic rings. The van der Waals surface area contributed by atoms with Crippen LogP contribution in [0.2, 0.25) is 0 Å². The highest BCUT2D eigenvalue weighted by Gasteiger charge is 2.03. The summed E-state index contributed by atoms with van der Waals surface area (Å²) < 4.78 is 0. The summed E-state index contributed by atoms with van der Waals surface area (Å²) in [4.78, 5) is 25.2. The summed E-state index contributed by atoms with van der Waals surface area (Å²) >= 11 is 0. The highest BCUT2D eigenvalue weighted by molar-refractivity contribution is 5.73. The molecule has 0 atom stereocenters. The maximum Gasteiger partial charge on any atom is 0.219 e. The van der Waals surface area contributed by atoms with Crippen molar-refractivity contribution in [3.63, 3.8) is 0 Å². The van der Waals surface area contributed by atoms with Gasteiger partial charge in [0.25, 0.3) is 0 Å². The number of rotatable bonds is 6. The van der Waals surface area contributed by atoms with E-state index in [-0.39, 0.29) is 11.8 Å². The van der Waals surface area contributed by atoms with E-state index in [2.05, 4.69) is 0 Å². The van der Waals surface area contributed by atoms with Gasteiger partial charge in [0.05, 0.1) is 0 Å². The second-order valence-corrected chi connectivity index (χ2v) is 3.94. The van der Waals surface area contributed by atoms with Crippen LogP contribution < -0.4 is 0 Å². The normalized spacial score (nSPS) is 9.87. The fraction of sp³-hybridized carbons (Fsp3) is 0.818. The molecule has 0 saturated carbocycles. The molecule has 0 unspecified atom stereocenters. The molecule has 0 aromatic heterocycles. The van der Waals surface area contributed by atoms with Crippen LogP contribution in [-0.4, -0.2) is 48.8 Å². The summed E-state index contributed by atoms with van der Waals surface area (Å²) in [6.07, 6.45) is 3.05. The molecule has 0 fully saturated rings. The standard InChI is InChI=1S/C11H22N2O2/c1-10(14)12(3)8-6-5-7-9-13(4)11(2)15/h5-9H2,1-4H3. The van der Waals surface area contributed by atoms with Crippen molar-refractivity contribution in [2.24, 2.45) is 0 Å². The predicted octanol–water partition coefficient (Wildman–Crippen LogP) is 1.11. The summed E-state index contributed by atoms with van der Waals surface area (Å²) in [5.41, 5.74) is 0. The van der Waals surface area contributed by atoms with Gasteiger partial charge in [0.15, 0.2) is 0 Å². The molecular weight excluding hydrogens is 192 g/mol. The van der Waals surface area contributed by atoms with Crippen LogP contribution >= 0.6 is 0 Å². The van der Waals surface area contributed by atoms with Gasteiger partial charge in [0.1, 0.15) is 0 Å². The lowest BCUT2D eigenvalue weighted by Crippen LogP contribution is -2.26. The zero-order valence-corrected chi connectivity index (χ0v) is 10.2. The number of carbonyl (C=O) groups is 2. The Bertz CT molecular complexity index is 195. The topological polar surface area (TPSA) is 40.6 Å². The average molecular weight is 214 g/mol. The van der Waals surface area contributed by atoms with Crippen molar-refractivity contribution in [3.8, 4) is 0 Å². The van der Waals surface area contributed by atoms with Gasteiger partial charge >= 0.3 is 0 Å². The molecule has 0 aromatic carbocycles. The molecule has 0 aliphatic heterocycles. The van der Waals surface area contributed by atoms with E-state index in [1.54, 1.807) is 23.6 Å². The minimum atomic E-state index is 0.107. The van der Waals surface area contributed by atoms with Gasteiger partial charge in [0, 0.05) is 41.0 Å². The van der Waals surface area contributed by atoms with E-state index in [1.807, 2.05) is 14.1 Å². The van der Waals surface area contributed by atoms with Crippen LogP contribution in [0.3, 0.4) is 0 Å². The molecule has 4 heteroatoms. The SMILES string of the molecule is CC(=O)N(C)CCCCCN(C)C(C)=O. The van der Waals surface area contributed by atoms with E-state index in [0.29, 0.717) is 0 Å². The first-order chi connectivity index (χ1) is 6.95. The van der Waals surface area contributed by atoms with Crippen molar-refractivity contribution in [2.45, 2.75) is 33.1 Å². The van der Waals surface area contributed by atoms with Crippen molar-refractivity contribution in [1.82, 2.24) is 9.80 Å². The van der Waals surface area contributed by atoms with Crippen molar-refractivity contribution < 1.29 is 9.59 Å². The van der Waals surface area contributed by atoms with Crippen LogP contribution in [0.5, 0.6) is 0 Å². The van der Waals surface area contributed by atoms with E-state index in [4.69, 9.17) is 0 Å². The van der Waals surface area contributed by atoms with Crippen LogP contribution in [0.4, 0.5) is 0 Å². The first-order valence-corrected chi connectivity index (χ1v) is 5.38. The summed E-state index contributed by atoms with van der Waals surface area (Å²) in [6, 6.07) is 0. The molecule has 0 aliphatic rings. The molecule has 0 N–H and O–H groups in total. The van der Waals surface area contributed by atoms with E-state index in [0.717, 1.165) is 32.4 Å². The fourth-order valence-electron chi connectivity index (χ4n) is 1.19. The van der Waals surface area contributed by atoms with E-state index < -0.39 is 0 Å². The van der Waals surface area contributed by atoms with Gasteiger partial charge in [-0.05, 0) is 19.3 Å². The van der Waals surface area contributed by atoms with Crippen molar-refractivity contribution in [1.29, 1.82) is 0 Å². The lowest BCUT2D eigenvalue weighted by Gasteiger charge is -2.16. The molecule has 0 aliphatic carbocycles. The van der Waals surface area contributed by atoms with E-state index >= 15 is 0 Å². The molecule has 0 radical (unpaired) electrons. The lowest BCUT2D eigenvalue weighted by atomic mass is 10.2. The van der Waals surface area contributed by atoms with E-state index in [1.165, 1.54) is 0 Å². The zero-order valence-electron chi connectivity index (χ0n) is 10.2. The Balaban J connectivity index is 3.40. The minimum absolute atomic E-state index is 0.107. The van der Waals surface area contributed by atoms with Gasteiger partial charge < -0.3 is 9.80 Å². The highest BCUT2D eigenvalue weighted by atomic mass is 16.2. The molecule has 88 valence electrons. The van der Waals surface area contributed by atoms with Gasteiger partial charge in [-0.25, -0.2) is 0 Å². The fourth-order valence-corrected chi connectivity index (χ4v) is 1.19. The van der Waals surface area contributed by atoms with Crippen LogP contribution in [0.25, 0.3) is 0 Å². The molecular formula is C11H22N2O2. The Kier molecular flexibility index (Phi) is 6.75. The van der Waals surface area contributed by atoms with Crippen molar-refractivity contribution in [3.05, 3.63) is 0 Å². The summed E-state index contributed by atoms with van der Waals surface area (Å²) in [5.74, 6) is 0.215. The molecule has 4 nitrogen and oxygen atoms in total. The maximum atomic E-state index is 10.9.